The molecule has 7 nitrogen and oxygen atoms in total. The quantitative estimate of drug-likeness (QED) is 0.412. The lowest BCUT2D eigenvalue weighted by Crippen LogP contribution is -2.33. The van der Waals surface area contributed by atoms with Crippen LogP contribution in [0.3, 0.4) is 0 Å². The van der Waals surface area contributed by atoms with Crippen molar-refractivity contribution in [2.24, 2.45) is 0 Å². The molecular formula is C25H23N3O4. The fourth-order valence-electron chi connectivity index (χ4n) is 3.24. The highest BCUT2D eigenvalue weighted by molar-refractivity contribution is 5.84. The molecule has 162 valence electrons. The average Bonchev–Trinajstić information content (AvgIpc) is 3.18. The van der Waals surface area contributed by atoms with Crippen LogP contribution in [-0.4, -0.2) is 28.0 Å². The van der Waals surface area contributed by atoms with E-state index in [-0.39, 0.29) is 32.2 Å². The minimum Gasteiger partial charge on any atom is -0.486 e. The van der Waals surface area contributed by atoms with Crippen molar-refractivity contribution in [1.29, 1.82) is 0 Å². The molecule has 32 heavy (non-hydrogen) atoms. The van der Waals surface area contributed by atoms with Crippen LogP contribution in [0.4, 0.5) is 0 Å². The van der Waals surface area contributed by atoms with Gasteiger partial charge in [-0.2, -0.15) is 0 Å². The first kappa shape index (κ1) is 21.1. The molecule has 1 heterocycles. The molecule has 0 aliphatic carbocycles. The number of nitrogens with one attached hydrogen (secondary N) is 1. The molecule has 7 heteroatoms. The second kappa shape index (κ2) is 10.3. The van der Waals surface area contributed by atoms with Gasteiger partial charge in [0, 0.05) is 0 Å². The number of esters is 1. The molecule has 4 rings (SSSR count). The lowest BCUT2D eigenvalue weighted by atomic mass is 10.2. The molecule has 0 saturated heterocycles. The summed E-state index contributed by atoms with van der Waals surface area (Å²) in [6.07, 6.45) is 0. The van der Waals surface area contributed by atoms with Crippen molar-refractivity contribution in [3.8, 4) is 5.75 Å². The Morgan fingerprint density at radius 1 is 0.844 bits per heavy atom. The van der Waals surface area contributed by atoms with Crippen LogP contribution in [0.2, 0.25) is 0 Å². The second-order valence-electron chi connectivity index (χ2n) is 7.13. The zero-order chi connectivity index (χ0) is 22.2. The molecule has 0 spiro atoms. The predicted octanol–water partition coefficient (Wildman–Crippen LogP) is 3.47. The lowest BCUT2D eigenvalue weighted by molar-refractivity contribution is -0.145. The number of carbonyl (C=O) groups is 2. The molecule has 1 aromatic heterocycles. The molecule has 0 radical (unpaired) electrons. The Labute approximate surface area is 185 Å². The molecule has 0 aliphatic rings. The van der Waals surface area contributed by atoms with Crippen LogP contribution >= 0.6 is 0 Å². The highest BCUT2D eigenvalue weighted by atomic mass is 16.5. The number of aromatic nitrogens is 2. The smallest absolute Gasteiger partial charge is 0.325 e. The second-order valence-corrected chi connectivity index (χ2v) is 7.13. The number of ether oxygens (including phenoxy) is 2. The van der Waals surface area contributed by atoms with E-state index in [1.165, 1.54) is 0 Å². The molecule has 0 unspecified atom stereocenters. The van der Waals surface area contributed by atoms with E-state index in [2.05, 4.69) is 10.3 Å². The number of amides is 1. The number of imidazole rings is 1. The predicted molar refractivity (Wildman–Crippen MR) is 120 cm³/mol. The lowest BCUT2D eigenvalue weighted by Gasteiger charge is -2.11. The number of nitrogens with zero attached hydrogens (tertiary/aromatic N) is 2. The fraction of sp³-hybridized carbons (Fsp3) is 0.160. The summed E-state index contributed by atoms with van der Waals surface area (Å²) in [4.78, 5) is 29.1. The van der Waals surface area contributed by atoms with E-state index in [9.17, 15) is 9.59 Å². The molecule has 3 aromatic carbocycles. The van der Waals surface area contributed by atoms with Gasteiger partial charge >= 0.3 is 5.97 Å². The summed E-state index contributed by atoms with van der Waals surface area (Å²) in [5, 5.41) is 2.62. The van der Waals surface area contributed by atoms with Crippen LogP contribution in [0.15, 0.2) is 84.9 Å². The maximum absolute atomic E-state index is 12.6. The third kappa shape index (κ3) is 5.51. The van der Waals surface area contributed by atoms with E-state index in [1.54, 1.807) is 4.57 Å². The van der Waals surface area contributed by atoms with Gasteiger partial charge in [0.25, 0.3) is 0 Å². The van der Waals surface area contributed by atoms with Crippen LogP contribution in [0.5, 0.6) is 5.75 Å². The number of para-hydroxylation sites is 3. The number of rotatable bonds is 9. The summed E-state index contributed by atoms with van der Waals surface area (Å²) in [7, 11) is 0. The largest absolute Gasteiger partial charge is 0.486 e. The van der Waals surface area contributed by atoms with Crippen LogP contribution in [0.25, 0.3) is 11.0 Å². The van der Waals surface area contributed by atoms with Crippen molar-refractivity contribution in [2.45, 2.75) is 19.8 Å². The van der Waals surface area contributed by atoms with Gasteiger partial charge in [0.1, 0.15) is 37.9 Å². The van der Waals surface area contributed by atoms with Crippen LogP contribution in [0, 0.1) is 0 Å². The fourth-order valence-corrected chi connectivity index (χ4v) is 3.24. The average molecular weight is 429 g/mol. The zero-order valence-electron chi connectivity index (χ0n) is 17.4. The highest BCUT2D eigenvalue weighted by Gasteiger charge is 2.15. The Balaban J connectivity index is 1.36. The van der Waals surface area contributed by atoms with Gasteiger partial charge in [-0.1, -0.05) is 60.7 Å². The van der Waals surface area contributed by atoms with Crippen molar-refractivity contribution >= 4 is 22.9 Å². The normalized spacial score (nSPS) is 10.6. The first-order valence-corrected chi connectivity index (χ1v) is 10.3. The van der Waals surface area contributed by atoms with E-state index in [0.717, 1.165) is 22.3 Å². The maximum Gasteiger partial charge on any atom is 0.325 e. The number of carbonyl (C=O) groups excluding carboxylic acids is 2. The van der Waals surface area contributed by atoms with Gasteiger partial charge in [-0.15, -0.1) is 0 Å². The van der Waals surface area contributed by atoms with Crippen LogP contribution in [0.1, 0.15) is 11.4 Å². The van der Waals surface area contributed by atoms with E-state index in [4.69, 9.17) is 9.47 Å². The van der Waals surface area contributed by atoms with E-state index in [0.29, 0.717) is 5.82 Å². The third-order valence-corrected chi connectivity index (χ3v) is 4.82. The Hall–Kier alpha value is -4.13. The maximum atomic E-state index is 12.6. The summed E-state index contributed by atoms with van der Waals surface area (Å²) >= 11 is 0. The van der Waals surface area contributed by atoms with Crippen molar-refractivity contribution in [2.75, 3.05) is 6.54 Å². The highest BCUT2D eigenvalue weighted by Crippen LogP contribution is 2.18. The number of fused-ring (bicyclic) bond motifs is 1. The van der Waals surface area contributed by atoms with Crippen molar-refractivity contribution in [3.63, 3.8) is 0 Å². The minimum absolute atomic E-state index is 0.0139. The summed E-state index contributed by atoms with van der Waals surface area (Å²) in [5.74, 6) is 0.532. The molecule has 0 aliphatic heterocycles. The SMILES string of the molecule is O=C(Cn1c(COc2ccccc2)nc2ccccc21)NCC(=O)OCc1ccccc1. The Bertz CT molecular complexity index is 1190. The summed E-state index contributed by atoms with van der Waals surface area (Å²) < 4.78 is 12.8. The van der Waals surface area contributed by atoms with Crippen LogP contribution < -0.4 is 10.1 Å². The third-order valence-electron chi connectivity index (χ3n) is 4.82. The molecule has 0 bridgehead atoms. The first-order valence-electron chi connectivity index (χ1n) is 10.3. The molecule has 1 N–H and O–H groups in total. The molecule has 0 atom stereocenters. The summed E-state index contributed by atoms with van der Waals surface area (Å²) in [5.41, 5.74) is 2.48. The Morgan fingerprint density at radius 3 is 2.31 bits per heavy atom. The van der Waals surface area contributed by atoms with E-state index < -0.39 is 5.97 Å². The molecule has 0 fully saturated rings. The molecule has 0 saturated carbocycles. The van der Waals surface area contributed by atoms with Gasteiger partial charge < -0.3 is 19.4 Å². The van der Waals surface area contributed by atoms with Gasteiger partial charge in [-0.05, 0) is 29.8 Å². The first-order chi connectivity index (χ1) is 15.7. The van der Waals surface area contributed by atoms with Gasteiger partial charge in [0.2, 0.25) is 5.91 Å². The van der Waals surface area contributed by atoms with Crippen LogP contribution in [-0.2, 0) is 34.1 Å². The van der Waals surface area contributed by atoms with Crippen molar-refractivity contribution < 1.29 is 19.1 Å². The van der Waals surface area contributed by atoms with Gasteiger partial charge in [-0.3, -0.25) is 9.59 Å². The topological polar surface area (TPSA) is 82.5 Å². The zero-order valence-corrected chi connectivity index (χ0v) is 17.4. The van der Waals surface area contributed by atoms with Gasteiger partial charge in [0.05, 0.1) is 11.0 Å². The van der Waals surface area contributed by atoms with E-state index in [1.807, 2.05) is 84.9 Å². The summed E-state index contributed by atoms with van der Waals surface area (Å²) in [6, 6.07) is 26.4. The Morgan fingerprint density at radius 2 is 1.53 bits per heavy atom. The van der Waals surface area contributed by atoms with Crippen molar-refractivity contribution in [3.05, 3.63) is 96.3 Å². The minimum atomic E-state index is -0.495. The van der Waals surface area contributed by atoms with Crippen molar-refractivity contribution in [1.82, 2.24) is 14.9 Å². The molecule has 4 aromatic rings. The number of hydrogen-bond donors (Lipinski definition) is 1. The van der Waals surface area contributed by atoms with Gasteiger partial charge in [-0.25, -0.2) is 4.98 Å². The number of hydrogen-bond acceptors (Lipinski definition) is 5. The number of benzene rings is 3. The van der Waals surface area contributed by atoms with Gasteiger partial charge in [0.15, 0.2) is 0 Å². The molecular weight excluding hydrogens is 406 g/mol. The Kier molecular flexibility index (Phi) is 6.77. The summed E-state index contributed by atoms with van der Waals surface area (Å²) in [6.45, 7) is 0.196. The molecule has 1 amide bonds. The van der Waals surface area contributed by atoms with E-state index >= 15 is 0 Å². The standard InChI is InChI=1S/C25H23N3O4/c29-24(26-15-25(30)32-17-19-9-3-1-4-10-19)16-28-22-14-8-7-13-21(22)27-23(28)18-31-20-11-5-2-6-12-20/h1-14H,15-18H2,(H,26,29). The monoisotopic (exact) mass is 429 g/mol.